The van der Waals surface area contributed by atoms with E-state index in [1.165, 1.54) is 0 Å². The largest absolute Gasteiger partial charge is 0.497 e. The van der Waals surface area contributed by atoms with Crippen molar-refractivity contribution < 1.29 is 19.2 Å². The third kappa shape index (κ3) is 6.43. The molecular weight excluding hydrogens is 394 g/mol. The Morgan fingerprint density at radius 2 is 1.55 bits per heavy atom. The van der Waals surface area contributed by atoms with Crippen LogP contribution in [-0.2, 0) is 9.63 Å². The van der Waals surface area contributed by atoms with Crippen LogP contribution < -0.4 is 15.4 Å². The maximum Gasteiger partial charge on any atom is 0.265 e. The summed E-state index contributed by atoms with van der Waals surface area (Å²) in [5, 5.41) is 9.58. The van der Waals surface area contributed by atoms with Crippen LogP contribution in [0.15, 0.2) is 84.0 Å². The first-order valence-electron chi connectivity index (χ1n) is 9.62. The summed E-state index contributed by atoms with van der Waals surface area (Å²) in [6, 6.07) is 23.2. The van der Waals surface area contributed by atoms with E-state index in [1.54, 1.807) is 62.6 Å². The van der Waals surface area contributed by atoms with Crippen molar-refractivity contribution >= 4 is 28.9 Å². The Labute approximate surface area is 180 Å². The average Bonchev–Trinajstić information content (AvgIpc) is 2.80. The van der Waals surface area contributed by atoms with Gasteiger partial charge in [0.2, 0.25) is 0 Å². The molecule has 0 saturated heterocycles. The normalized spacial score (nSPS) is 10.8. The van der Waals surface area contributed by atoms with Gasteiger partial charge in [0.1, 0.15) is 5.75 Å². The molecule has 0 spiro atoms. The highest BCUT2D eigenvalue weighted by molar-refractivity contribution is 6.05. The van der Waals surface area contributed by atoms with E-state index in [1.807, 2.05) is 30.3 Å². The van der Waals surface area contributed by atoms with Crippen LogP contribution in [0, 0.1) is 0 Å². The predicted octanol–water partition coefficient (Wildman–Crippen LogP) is 4.33. The molecule has 3 aromatic carbocycles. The van der Waals surface area contributed by atoms with Crippen molar-refractivity contribution in [1.82, 2.24) is 0 Å². The molecular formula is C24H23N3O4. The maximum atomic E-state index is 12.3. The van der Waals surface area contributed by atoms with E-state index in [9.17, 15) is 9.59 Å². The van der Waals surface area contributed by atoms with Gasteiger partial charge in [-0.05, 0) is 55.5 Å². The summed E-state index contributed by atoms with van der Waals surface area (Å²) in [7, 11) is 1.58. The number of nitrogens with one attached hydrogen (secondary N) is 2. The molecule has 3 aromatic rings. The molecule has 31 heavy (non-hydrogen) atoms. The van der Waals surface area contributed by atoms with Crippen molar-refractivity contribution in [1.29, 1.82) is 0 Å². The van der Waals surface area contributed by atoms with E-state index in [4.69, 9.17) is 9.57 Å². The second-order valence-corrected chi connectivity index (χ2v) is 6.63. The fourth-order valence-corrected chi connectivity index (χ4v) is 2.73. The fourth-order valence-electron chi connectivity index (χ4n) is 2.73. The van der Waals surface area contributed by atoms with E-state index in [-0.39, 0.29) is 18.4 Å². The summed E-state index contributed by atoms with van der Waals surface area (Å²) in [5.41, 5.74) is 3.19. The minimum Gasteiger partial charge on any atom is -0.497 e. The Morgan fingerprint density at radius 3 is 2.26 bits per heavy atom. The van der Waals surface area contributed by atoms with Crippen LogP contribution in [0.2, 0.25) is 0 Å². The standard InChI is InChI=1S/C24H23N3O4/c1-17(27-31-16-23(28)25-20-11-13-22(30-2)14-12-20)19-9-6-10-21(15-19)26-24(29)18-7-4-3-5-8-18/h3-15H,16H2,1-2H3,(H,25,28)(H,26,29)/b27-17+. The van der Waals surface area contributed by atoms with Crippen molar-refractivity contribution in [3.05, 3.63) is 90.0 Å². The zero-order valence-electron chi connectivity index (χ0n) is 17.3. The minimum atomic E-state index is -0.328. The quantitative estimate of drug-likeness (QED) is 0.422. The van der Waals surface area contributed by atoms with Crippen LogP contribution in [-0.4, -0.2) is 31.2 Å². The zero-order valence-corrected chi connectivity index (χ0v) is 17.3. The van der Waals surface area contributed by atoms with Gasteiger partial charge in [0.05, 0.1) is 12.8 Å². The summed E-state index contributed by atoms with van der Waals surface area (Å²) in [4.78, 5) is 29.5. The molecule has 0 aliphatic rings. The molecule has 2 amide bonds. The summed E-state index contributed by atoms with van der Waals surface area (Å²) in [5.74, 6) is 0.182. The molecule has 0 aliphatic heterocycles. The molecule has 7 nitrogen and oxygen atoms in total. The first-order valence-corrected chi connectivity index (χ1v) is 9.62. The third-order valence-corrected chi connectivity index (χ3v) is 4.35. The van der Waals surface area contributed by atoms with Crippen molar-refractivity contribution in [2.75, 3.05) is 24.4 Å². The van der Waals surface area contributed by atoms with Crippen molar-refractivity contribution in [2.45, 2.75) is 6.92 Å². The van der Waals surface area contributed by atoms with E-state index in [0.717, 1.165) is 5.56 Å². The number of oxime groups is 1. The Bertz CT molecular complexity index is 1060. The van der Waals surface area contributed by atoms with Gasteiger partial charge in [-0.15, -0.1) is 0 Å². The number of benzene rings is 3. The Balaban J connectivity index is 1.54. The van der Waals surface area contributed by atoms with Crippen LogP contribution in [0.1, 0.15) is 22.8 Å². The maximum absolute atomic E-state index is 12.3. The second kappa shape index (κ2) is 10.6. The molecule has 0 bridgehead atoms. The second-order valence-electron chi connectivity index (χ2n) is 6.63. The van der Waals surface area contributed by atoms with Gasteiger partial charge in [-0.25, -0.2) is 0 Å². The van der Waals surface area contributed by atoms with Crippen LogP contribution >= 0.6 is 0 Å². The highest BCUT2D eigenvalue weighted by atomic mass is 16.6. The van der Waals surface area contributed by atoms with Crippen LogP contribution in [0.25, 0.3) is 0 Å². The molecule has 0 unspecified atom stereocenters. The van der Waals surface area contributed by atoms with E-state index in [2.05, 4.69) is 15.8 Å². The van der Waals surface area contributed by atoms with Crippen LogP contribution in [0.3, 0.4) is 0 Å². The number of amides is 2. The molecule has 0 atom stereocenters. The van der Waals surface area contributed by atoms with E-state index >= 15 is 0 Å². The highest BCUT2D eigenvalue weighted by Gasteiger charge is 2.07. The smallest absolute Gasteiger partial charge is 0.265 e. The summed E-state index contributed by atoms with van der Waals surface area (Å²) in [6.07, 6.45) is 0. The number of methoxy groups -OCH3 is 1. The van der Waals surface area contributed by atoms with Gasteiger partial charge >= 0.3 is 0 Å². The van der Waals surface area contributed by atoms with Crippen LogP contribution in [0.4, 0.5) is 11.4 Å². The number of carbonyl (C=O) groups excluding carboxylic acids is 2. The van der Waals surface area contributed by atoms with Crippen molar-refractivity contribution in [3.8, 4) is 5.75 Å². The molecule has 0 fully saturated rings. The number of carbonyl (C=O) groups is 2. The van der Waals surface area contributed by atoms with Crippen LogP contribution in [0.5, 0.6) is 5.75 Å². The summed E-state index contributed by atoms with van der Waals surface area (Å²) < 4.78 is 5.08. The van der Waals surface area contributed by atoms with Gasteiger partial charge in [-0.2, -0.15) is 0 Å². The van der Waals surface area contributed by atoms with Crippen molar-refractivity contribution in [3.63, 3.8) is 0 Å². The molecule has 0 aromatic heterocycles. The predicted molar refractivity (Wildman–Crippen MR) is 121 cm³/mol. The van der Waals surface area contributed by atoms with Gasteiger partial charge in [0, 0.05) is 22.5 Å². The molecule has 158 valence electrons. The topological polar surface area (TPSA) is 89.0 Å². The van der Waals surface area contributed by atoms with E-state index in [0.29, 0.717) is 28.4 Å². The van der Waals surface area contributed by atoms with Gasteiger partial charge in [0.25, 0.3) is 11.8 Å². The lowest BCUT2D eigenvalue weighted by Gasteiger charge is -2.08. The highest BCUT2D eigenvalue weighted by Crippen LogP contribution is 2.15. The summed E-state index contributed by atoms with van der Waals surface area (Å²) in [6.45, 7) is 1.54. The Morgan fingerprint density at radius 1 is 0.839 bits per heavy atom. The van der Waals surface area contributed by atoms with Gasteiger partial charge < -0.3 is 20.2 Å². The monoisotopic (exact) mass is 417 g/mol. The van der Waals surface area contributed by atoms with Gasteiger partial charge in [0.15, 0.2) is 6.61 Å². The molecule has 0 radical (unpaired) electrons. The van der Waals surface area contributed by atoms with E-state index < -0.39 is 0 Å². The molecule has 3 rings (SSSR count). The lowest BCUT2D eigenvalue weighted by molar-refractivity contribution is -0.120. The first kappa shape index (κ1) is 21.6. The number of ether oxygens (including phenoxy) is 1. The lowest BCUT2D eigenvalue weighted by Crippen LogP contribution is -2.17. The lowest BCUT2D eigenvalue weighted by atomic mass is 10.1. The third-order valence-electron chi connectivity index (χ3n) is 4.35. The fraction of sp³-hybridized carbons (Fsp3) is 0.125. The number of nitrogens with zero attached hydrogens (tertiary/aromatic N) is 1. The molecule has 0 aliphatic carbocycles. The number of hydrogen-bond acceptors (Lipinski definition) is 5. The first-order chi connectivity index (χ1) is 15.0. The molecule has 2 N–H and O–H groups in total. The average molecular weight is 417 g/mol. The molecule has 0 saturated carbocycles. The molecule has 7 heteroatoms. The number of anilines is 2. The number of rotatable bonds is 8. The summed E-state index contributed by atoms with van der Waals surface area (Å²) >= 11 is 0. The minimum absolute atomic E-state index is 0.196. The van der Waals surface area contributed by atoms with Gasteiger partial charge in [-0.3, -0.25) is 9.59 Å². The zero-order chi connectivity index (χ0) is 22.1. The van der Waals surface area contributed by atoms with Crippen molar-refractivity contribution in [2.24, 2.45) is 5.16 Å². The Hall–Kier alpha value is -4.13. The SMILES string of the molecule is COc1ccc(NC(=O)CO/N=C(\C)c2cccc(NC(=O)c3ccccc3)c2)cc1. The number of hydrogen-bond donors (Lipinski definition) is 2. The van der Waals surface area contributed by atoms with Gasteiger partial charge in [-0.1, -0.05) is 35.5 Å². The Kier molecular flexibility index (Phi) is 7.37. The molecule has 0 heterocycles.